The van der Waals surface area contributed by atoms with Gasteiger partial charge < -0.3 is 9.84 Å². The molecular formula is C16H15F3O2. The summed E-state index contributed by atoms with van der Waals surface area (Å²) in [7, 11) is 1.37. The molecule has 0 aliphatic heterocycles. The van der Waals surface area contributed by atoms with E-state index in [1.165, 1.54) is 31.4 Å². The number of halogens is 3. The first-order valence-electron chi connectivity index (χ1n) is 6.43. The van der Waals surface area contributed by atoms with E-state index in [0.717, 1.165) is 6.07 Å². The number of hydrogen-bond acceptors (Lipinski definition) is 2. The van der Waals surface area contributed by atoms with Crippen LogP contribution in [0.4, 0.5) is 13.2 Å². The van der Waals surface area contributed by atoms with Crippen LogP contribution in [0, 0.1) is 17.5 Å². The molecule has 0 aliphatic carbocycles. The molecule has 0 radical (unpaired) electrons. The molecule has 0 aliphatic rings. The lowest BCUT2D eigenvalue weighted by atomic mass is 10.0. The van der Waals surface area contributed by atoms with E-state index in [1.807, 2.05) is 0 Å². The SMILES string of the molecule is COc1ccc(CC(O)Cc2cc(F)cc(F)c2)cc1F. The van der Waals surface area contributed by atoms with E-state index in [0.29, 0.717) is 11.1 Å². The molecular weight excluding hydrogens is 281 g/mol. The zero-order valence-corrected chi connectivity index (χ0v) is 11.4. The van der Waals surface area contributed by atoms with E-state index >= 15 is 0 Å². The van der Waals surface area contributed by atoms with Crippen molar-refractivity contribution in [1.29, 1.82) is 0 Å². The molecule has 1 N–H and O–H groups in total. The van der Waals surface area contributed by atoms with E-state index in [2.05, 4.69) is 0 Å². The molecule has 1 unspecified atom stereocenters. The molecule has 0 bridgehead atoms. The van der Waals surface area contributed by atoms with Crippen LogP contribution < -0.4 is 4.74 Å². The van der Waals surface area contributed by atoms with Crippen LogP contribution in [-0.2, 0) is 12.8 Å². The maximum atomic E-state index is 13.5. The summed E-state index contributed by atoms with van der Waals surface area (Å²) in [5.74, 6) is -1.76. The van der Waals surface area contributed by atoms with E-state index < -0.39 is 23.6 Å². The molecule has 0 amide bonds. The van der Waals surface area contributed by atoms with Crippen molar-refractivity contribution >= 4 is 0 Å². The second-order valence-corrected chi connectivity index (χ2v) is 4.81. The maximum absolute atomic E-state index is 13.5. The van der Waals surface area contributed by atoms with Crippen LogP contribution >= 0.6 is 0 Å². The summed E-state index contributed by atoms with van der Waals surface area (Å²) in [6, 6.07) is 7.49. The molecule has 21 heavy (non-hydrogen) atoms. The van der Waals surface area contributed by atoms with Crippen molar-refractivity contribution in [3.05, 3.63) is 65.0 Å². The number of aliphatic hydroxyl groups excluding tert-OH is 1. The Morgan fingerprint density at radius 2 is 1.57 bits per heavy atom. The zero-order valence-electron chi connectivity index (χ0n) is 11.4. The number of benzene rings is 2. The smallest absolute Gasteiger partial charge is 0.165 e. The Labute approximate surface area is 120 Å². The quantitative estimate of drug-likeness (QED) is 0.917. The van der Waals surface area contributed by atoms with Crippen LogP contribution in [0.5, 0.6) is 5.75 Å². The van der Waals surface area contributed by atoms with Crippen molar-refractivity contribution in [3.8, 4) is 5.75 Å². The van der Waals surface area contributed by atoms with Gasteiger partial charge in [0.2, 0.25) is 0 Å². The number of hydrogen-bond donors (Lipinski definition) is 1. The van der Waals surface area contributed by atoms with Crippen LogP contribution in [0.3, 0.4) is 0 Å². The Balaban J connectivity index is 2.04. The van der Waals surface area contributed by atoms with Crippen molar-refractivity contribution in [1.82, 2.24) is 0 Å². The second kappa shape index (κ2) is 6.63. The summed E-state index contributed by atoms with van der Waals surface area (Å²) in [5, 5.41) is 9.96. The molecule has 2 aromatic carbocycles. The Morgan fingerprint density at radius 1 is 0.952 bits per heavy atom. The van der Waals surface area contributed by atoms with Crippen LogP contribution in [0.1, 0.15) is 11.1 Å². The molecule has 2 nitrogen and oxygen atoms in total. The van der Waals surface area contributed by atoms with Gasteiger partial charge >= 0.3 is 0 Å². The number of ether oxygens (including phenoxy) is 1. The number of aliphatic hydroxyl groups is 1. The van der Waals surface area contributed by atoms with Gasteiger partial charge in [0.1, 0.15) is 11.6 Å². The fourth-order valence-electron chi connectivity index (χ4n) is 2.18. The summed E-state index contributed by atoms with van der Waals surface area (Å²) < 4.78 is 44.4. The van der Waals surface area contributed by atoms with Gasteiger partial charge in [-0.1, -0.05) is 6.07 Å². The first kappa shape index (κ1) is 15.4. The third-order valence-corrected chi connectivity index (χ3v) is 3.08. The van der Waals surface area contributed by atoms with E-state index in [4.69, 9.17) is 4.74 Å². The average molecular weight is 296 g/mol. The number of methoxy groups -OCH3 is 1. The second-order valence-electron chi connectivity index (χ2n) is 4.81. The highest BCUT2D eigenvalue weighted by atomic mass is 19.1. The third-order valence-electron chi connectivity index (χ3n) is 3.08. The van der Waals surface area contributed by atoms with Crippen molar-refractivity contribution in [2.45, 2.75) is 18.9 Å². The number of rotatable bonds is 5. The first-order valence-corrected chi connectivity index (χ1v) is 6.43. The molecule has 0 heterocycles. The Hall–Kier alpha value is -2.01. The van der Waals surface area contributed by atoms with Gasteiger partial charge in [-0.2, -0.15) is 0 Å². The molecule has 0 aromatic heterocycles. The lowest BCUT2D eigenvalue weighted by molar-refractivity contribution is 0.175. The highest BCUT2D eigenvalue weighted by Gasteiger charge is 2.11. The lowest BCUT2D eigenvalue weighted by Crippen LogP contribution is -2.14. The summed E-state index contributed by atoms with van der Waals surface area (Å²) in [6.07, 6.45) is -0.597. The van der Waals surface area contributed by atoms with Gasteiger partial charge in [-0.25, -0.2) is 13.2 Å². The fourth-order valence-corrected chi connectivity index (χ4v) is 2.18. The van der Waals surface area contributed by atoms with Crippen molar-refractivity contribution in [2.75, 3.05) is 7.11 Å². The van der Waals surface area contributed by atoms with Crippen LogP contribution in [0.15, 0.2) is 36.4 Å². The van der Waals surface area contributed by atoms with Gasteiger partial charge in [0.25, 0.3) is 0 Å². The minimum absolute atomic E-state index is 0.0856. The normalized spacial score (nSPS) is 12.2. The standard InChI is InChI=1S/C16H15F3O2/c1-21-16-3-2-10(8-15(16)19)6-14(20)7-11-4-12(17)9-13(18)5-11/h2-5,8-9,14,20H,6-7H2,1H3. The average Bonchev–Trinajstić information content (AvgIpc) is 2.37. The van der Waals surface area contributed by atoms with Crippen LogP contribution in [-0.4, -0.2) is 18.3 Å². The summed E-state index contributed by atoms with van der Waals surface area (Å²) in [5.41, 5.74) is 0.937. The third kappa shape index (κ3) is 4.23. The lowest BCUT2D eigenvalue weighted by Gasteiger charge is -2.12. The van der Waals surface area contributed by atoms with Crippen molar-refractivity contribution in [3.63, 3.8) is 0 Å². The van der Waals surface area contributed by atoms with Gasteiger partial charge in [-0.3, -0.25) is 0 Å². The Kier molecular flexibility index (Phi) is 4.85. The Morgan fingerprint density at radius 3 is 2.14 bits per heavy atom. The molecule has 2 rings (SSSR count). The summed E-state index contributed by atoms with van der Waals surface area (Å²) in [6.45, 7) is 0. The minimum Gasteiger partial charge on any atom is -0.494 e. The molecule has 5 heteroatoms. The summed E-state index contributed by atoms with van der Waals surface area (Å²) >= 11 is 0. The van der Waals surface area contributed by atoms with Crippen molar-refractivity contribution in [2.24, 2.45) is 0 Å². The highest BCUT2D eigenvalue weighted by Crippen LogP contribution is 2.19. The van der Waals surface area contributed by atoms with Crippen molar-refractivity contribution < 1.29 is 23.0 Å². The molecule has 112 valence electrons. The maximum Gasteiger partial charge on any atom is 0.165 e. The molecule has 1 atom stereocenters. The topological polar surface area (TPSA) is 29.5 Å². The summed E-state index contributed by atoms with van der Waals surface area (Å²) in [4.78, 5) is 0. The zero-order chi connectivity index (χ0) is 15.4. The van der Waals surface area contributed by atoms with E-state index in [-0.39, 0.29) is 18.6 Å². The Bertz CT molecular complexity index is 609. The molecule has 0 fully saturated rings. The van der Waals surface area contributed by atoms with Gasteiger partial charge in [0.15, 0.2) is 11.6 Å². The molecule has 0 saturated heterocycles. The van der Waals surface area contributed by atoms with Crippen LogP contribution in [0.25, 0.3) is 0 Å². The molecule has 0 saturated carbocycles. The van der Waals surface area contributed by atoms with E-state index in [1.54, 1.807) is 6.07 Å². The van der Waals surface area contributed by atoms with Gasteiger partial charge in [-0.15, -0.1) is 0 Å². The van der Waals surface area contributed by atoms with Gasteiger partial charge in [0, 0.05) is 6.07 Å². The fraction of sp³-hybridized carbons (Fsp3) is 0.250. The molecule has 0 spiro atoms. The van der Waals surface area contributed by atoms with Crippen LogP contribution in [0.2, 0.25) is 0 Å². The van der Waals surface area contributed by atoms with Gasteiger partial charge in [-0.05, 0) is 48.2 Å². The highest BCUT2D eigenvalue weighted by molar-refractivity contribution is 5.30. The monoisotopic (exact) mass is 296 g/mol. The predicted octanol–water partition coefficient (Wildman–Crippen LogP) is 3.26. The molecule has 2 aromatic rings. The minimum atomic E-state index is -0.862. The first-order chi connectivity index (χ1) is 9.97. The van der Waals surface area contributed by atoms with E-state index in [9.17, 15) is 18.3 Å². The largest absolute Gasteiger partial charge is 0.494 e. The predicted molar refractivity (Wildman–Crippen MR) is 72.7 cm³/mol. The van der Waals surface area contributed by atoms with Gasteiger partial charge in [0.05, 0.1) is 13.2 Å².